The van der Waals surface area contributed by atoms with Crippen LogP contribution in [-0.2, 0) is 4.79 Å². The van der Waals surface area contributed by atoms with E-state index in [0.29, 0.717) is 36.5 Å². The quantitative estimate of drug-likeness (QED) is 0.906. The van der Waals surface area contributed by atoms with Crippen molar-refractivity contribution >= 4 is 23.5 Å². The molecule has 1 heterocycles. The highest BCUT2D eigenvalue weighted by molar-refractivity contribution is 6.31. The van der Waals surface area contributed by atoms with Crippen molar-refractivity contribution in [3.05, 3.63) is 34.3 Å². The zero-order chi connectivity index (χ0) is 14.0. The number of rotatable bonds is 2. The minimum absolute atomic E-state index is 0.0746. The number of hydrogen-bond donors (Lipinski definition) is 1. The first-order valence-electron chi connectivity index (χ1n) is 6.26. The van der Waals surface area contributed by atoms with Gasteiger partial charge in [-0.1, -0.05) is 11.6 Å². The van der Waals surface area contributed by atoms with Crippen molar-refractivity contribution in [1.82, 2.24) is 4.90 Å². The van der Waals surface area contributed by atoms with Crippen LogP contribution in [0.4, 0.5) is 0 Å². The Morgan fingerprint density at radius 1 is 1.26 bits per heavy atom. The third-order valence-corrected chi connectivity index (χ3v) is 3.64. The lowest BCUT2D eigenvalue weighted by Gasteiger charge is -2.30. The summed E-state index contributed by atoms with van der Waals surface area (Å²) in [5, 5.41) is 9.48. The zero-order valence-corrected chi connectivity index (χ0v) is 11.5. The van der Waals surface area contributed by atoms with Gasteiger partial charge in [0.25, 0.3) is 5.91 Å². The van der Waals surface area contributed by atoms with Crippen molar-refractivity contribution in [3.63, 3.8) is 0 Å². The molecule has 0 atom stereocenters. The van der Waals surface area contributed by atoms with Gasteiger partial charge in [0.2, 0.25) is 0 Å². The summed E-state index contributed by atoms with van der Waals surface area (Å²) >= 11 is 5.95. The van der Waals surface area contributed by atoms with E-state index in [1.54, 1.807) is 23.1 Å². The SMILES string of the molecule is Cc1cc(Cl)cc(C(=O)N2CCC(C(=O)O)CC2)c1. The van der Waals surface area contributed by atoms with Crippen molar-refractivity contribution in [2.45, 2.75) is 19.8 Å². The fraction of sp³-hybridized carbons (Fsp3) is 0.429. The molecule has 1 amide bonds. The van der Waals surface area contributed by atoms with Crippen LogP contribution in [0.1, 0.15) is 28.8 Å². The average Bonchev–Trinajstić information content (AvgIpc) is 2.37. The van der Waals surface area contributed by atoms with E-state index in [0.717, 1.165) is 5.56 Å². The molecule has 1 saturated heterocycles. The molecule has 0 bridgehead atoms. The van der Waals surface area contributed by atoms with Crippen LogP contribution in [0.2, 0.25) is 5.02 Å². The third kappa shape index (κ3) is 3.26. The number of hydrogen-bond acceptors (Lipinski definition) is 2. The molecular formula is C14H16ClNO3. The summed E-state index contributed by atoms with van der Waals surface area (Å²) in [7, 11) is 0. The first-order valence-corrected chi connectivity index (χ1v) is 6.64. The Kier molecular flexibility index (Phi) is 4.10. The Morgan fingerprint density at radius 3 is 2.42 bits per heavy atom. The Balaban J connectivity index is 2.07. The molecular weight excluding hydrogens is 266 g/mol. The van der Waals surface area contributed by atoms with Gasteiger partial charge in [-0.3, -0.25) is 9.59 Å². The summed E-state index contributed by atoms with van der Waals surface area (Å²) in [6, 6.07) is 5.26. The summed E-state index contributed by atoms with van der Waals surface area (Å²) in [4.78, 5) is 24.9. The Morgan fingerprint density at radius 2 is 1.89 bits per heavy atom. The minimum Gasteiger partial charge on any atom is -0.481 e. The summed E-state index contributed by atoms with van der Waals surface area (Å²) in [6.07, 6.45) is 1.03. The first kappa shape index (κ1) is 13.9. The van der Waals surface area contributed by atoms with Gasteiger partial charge in [0.1, 0.15) is 0 Å². The van der Waals surface area contributed by atoms with Gasteiger partial charge in [0.05, 0.1) is 5.92 Å². The molecule has 0 radical (unpaired) electrons. The number of carboxylic acid groups (broad SMARTS) is 1. The van der Waals surface area contributed by atoms with Crippen molar-refractivity contribution in [1.29, 1.82) is 0 Å². The maximum atomic E-state index is 12.3. The zero-order valence-electron chi connectivity index (χ0n) is 10.7. The molecule has 1 aromatic rings. The van der Waals surface area contributed by atoms with Crippen LogP contribution in [0.15, 0.2) is 18.2 Å². The topological polar surface area (TPSA) is 57.6 Å². The van der Waals surface area contributed by atoms with E-state index in [1.165, 1.54) is 0 Å². The van der Waals surface area contributed by atoms with Crippen LogP contribution in [0.5, 0.6) is 0 Å². The number of halogens is 1. The van der Waals surface area contributed by atoms with Crippen molar-refractivity contribution in [2.75, 3.05) is 13.1 Å². The number of carbonyl (C=O) groups is 2. The largest absolute Gasteiger partial charge is 0.481 e. The van der Waals surface area contributed by atoms with Crippen LogP contribution in [-0.4, -0.2) is 35.0 Å². The maximum Gasteiger partial charge on any atom is 0.306 e. The van der Waals surface area contributed by atoms with Crippen molar-refractivity contribution in [2.24, 2.45) is 5.92 Å². The molecule has 1 aliphatic rings. The van der Waals surface area contributed by atoms with E-state index in [-0.39, 0.29) is 11.8 Å². The standard InChI is InChI=1S/C14H16ClNO3/c1-9-6-11(8-12(15)7-9)13(17)16-4-2-10(3-5-16)14(18)19/h6-8,10H,2-5H2,1H3,(H,18,19). The molecule has 0 spiro atoms. The highest BCUT2D eigenvalue weighted by atomic mass is 35.5. The van der Waals surface area contributed by atoms with Gasteiger partial charge < -0.3 is 10.0 Å². The first-order chi connectivity index (χ1) is 8.97. The third-order valence-electron chi connectivity index (χ3n) is 3.42. The second-order valence-corrected chi connectivity index (χ2v) is 5.36. The van der Waals surface area contributed by atoms with Gasteiger partial charge in [-0.2, -0.15) is 0 Å². The molecule has 5 heteroatoms. The van der Waals surface area contributed by atoms with E-state index < -0.39 is 5.97 Å². The average molecular weight is 282 g/mol. The van der Waals surface area contributed by atoms with Crippen molar-refractivity contribution < 1.29 is 14.7 Å². The number of aliphatic carboxylic acids is 1. The number of amides is 1. The molecule has 0 unspecified atom stereocenters. The number of aryl methyl sites for hydroxylation is 1. The number of piperidine rings is 1. The van der Waals surface area contributed by atoms with Crippen molar-refractivity contribution in [3.8, 4) is 0 Å². The van der Waals surface area contributed by atoms with E-state index in [4.69, 9.17) is 16.7 Å². The Bertz CT molecular complexity index is 487. The molecule has 4 nitrogen and oxygen atoms in total. The predicted octanol–water partition coefficient (Wildman–Crippen LogP) is 2.59. The summed E-state index contributed by atoms with van der Waals surface area (Å²) in [5.41, 5.74) is 1.51. The second-order valence-electron chi connectivity index (χ2n) is 4.92. The highest BCUT2D eigenvalue weighted by Gasteiger charge is 2.27. The van der Waals surface area contributed by atoms with Gasteiger partial charge >= 0.3 is 5.97 Å². The lowest BCUT2D eigenvalue weighted by atomic mass is 9.96. The molecule has 0 saturated carbocycles. The van der Waals surface area contributed by atoms with Crippen LogP contribution in [0.25, 0.3) is 0 Å². The van der Waals surface area contributed by atoms with Gasteiger partial charge in [-0.25, -0.2) is 0 Å². The molecule has 1 N–H and O–H groups in total. The fourth-order valence-corrected chi connectivity index (χ4v) is 2.66. The normalized spacial score (nSPS) is 16.4. The molecule has 1 aliphatic heterocycles. The summed E-state index contributed by atoms with van der Waals surface area (Å²) in [6.45, 7) is 2.86. The van der Waals surface area contributed by atoms with Gasteiger partial charge in [0.15, 0.2) is 0 Å². The second kappa shape index (κ2) is 5.61. The lowest BCUT2D eigenvalue weighted by molar-refractivity contribution is -0.143. The maximum absolute atomic E-state index is 12.3. The number of likely N-dealkylation sites (tertiary alicyclic amines) is 1. The molecule has 0 aromatic heterocycles. The molecule has 1 aromatic carbocycles. The summed E-state index contributed by atoms with van der Waals surface area (Å²) < 4.78 is 0. The predicted molar refractivity (Wildman–Crippen MR) is 72.5 cm³/mol. The molecule has 1 fully saturated rings. The number of carboxylic acids is 1. The smallest absolute Gasteiger partial charge is 0.306 e. The number of nitrogens with zero attached hydrogens (tertiary/aromatic N) is 1. The fourth-order valence-electron chi connectivity index (χ4n) is 2.37. The lowest BCUT2D eigenvalue weighted by Crippen LogP contribution is -2.40. The molecule has 19 heavy (non-hydrogen) atoms. The monoisotopic (exact) mass is 281 g/mol. The molecule has 2 rings (SSSR count). The molecule has 102 valence electrons. The van der Waals surface area contributed by atoms with Crippen LogP contribution in [0.3, 0.4) is 0 Å². The minimum atomic E-state index is -0.773. The highest BCUT2D eigenvalue weighted by Crippen LogP contribution is 2.21. The van der Waals surface area contributed by atoms with E-state index in [9.17, 15) is 9.59 Å². The summed E-state index contributed by atoms with van der Waals surface area (Å²) in [5.74, 6) is -1.18. The van der Waals surface area contributed by atoms with Crippen LogP contribution >= 0.6 is 11.6 Å². The van der Waals surface area contributed by atoms with Gasteiger partial charge in [-0.15, -0.1) is 0 Å². The Labute approximate surface area is 117 Å². The number of carbonyl (C=O) groups excluding carboxylic acids is 1. The van der Waals surface area contributed by atoms with E-state index in [2.05, 4.69) is 0 Å². The van der Waals surface area contributed by atoms with E-state index in [1.807, 2.05) is 6.92 Å². The Hall–Kier alpha value is -1.55. The van der Waals surface area contributed by atoms with Crippen LogP contribution < -0.4 is 0 Å². The van der Waals surface area contributed by atoms with E-state index >= 15 is 0 Å². The number of benzene rings is 1. The van der Waals surface area contributed by atoms with Gasteiger partial charge in [0, 0.05) is 23.7 Å². The van der Waals surface area contributed by atoms with Gasteiger partial charge in [-0.05, 0) is 43.5 Å². The molecule has 0 aliphatic carbocycles. The van der Waals surface area contributed by atoms with Crippen LogP contribution in [0, 0.1) is 12.8 Å².